The third kappa shape index (κ3) is 3.28. The van der Waals surface area contributed by atoms with Crippen molar-refractivity contribution in [3.63, 3.8) is 0 Å². The Morgan fingerprint density at radius 3 is 2.16 bits per heavy atom. The van der Waals surface area contributed by atoms with E-state index < -0.39 is 0 Å². The van der Waals surface area contributed by atoms with Crippen LogP contribution in [0.5, 0.6) is 0 Å². The highest BCUT2D eigenvalue weighted by Crippen LogP contribution is 2.19. The molecule has 0 amide bonds. The second-order valence-electron chi connectivity index (χ2n) is 5.80. The average Bonchev–Trinajstić information content (AvgIpc) is 3.33. The third-order valence-electron chi connectivity index (χ3n) is 3.96. The van der Waals surface area contributed by atoms with Crippen LogP contribution in [0.25, 0.3) is 11.4 Å². The molecule has 124 valence electrons. The molecule has 0 spiro atoms. The molecule has 1 N–H and O–H groups in total. The topological polar surface area (TPSA) is 60.6 Å². The van der Waals surface area contributed by atoms with E-state index in [0.717, 1.165) is 22.8 Å². The van der Waals surface area contributed by atoms with Gasteiger partial charge in [0.1, 0.15) is 5.69 Å². The number of hydrogen-bond acceptors (Lipinski definition) is 4. The van der Waals surface area contributed by atoms with Crippen molar-refractivity contribution in [2.75, 3.05) is 5.32 Å². The van der Waals surface area contributed by atoms with Crippen LogP contribution < -0.4 is 5.32 Å². The highest BCUT2D eigenvalue weighted by molar-refractivity contribution is 5.44. The quantitative estimate of drug-likeness (QED) is 0.607. The van der Waals surface area contributed by atoms with Crippen LogP contribution in [0.4, 0.5) is 5.69 Å². The van der Waals surface area contributed by atoms with Gasteiger partial charge >= 0.3 is 0 Å². The third-order valence-corrected chi connectivity index (χ3v) is 3.96. The first kappa shape index (κ1) is 15.1. The molecule has 0 fully saturated rings. The summed E-state index contributed by atoms with van der Waals surface area (Å²) in [5, 5.41) is 16.3. The van der Waals surface area contributed by atoms with E-state index in [1.54, 1.807) is 4.68 Å². The molecule has 2 aromatic heterocycles. The minimum Gasteiger partial charge on any atom is -0.374 e. The van der Waals surface area contributed by atoms with Gasteiger partial charge in [0.15, 0.2) is 0 Å². The van der Waals surface area contributed by atoms with Crippen molar-refractivity contribution >= 4 is 5.69 Å². The molecule has 2 heterocycles. The largest absolute Gasteiger partial charge is 0.374 e. The van der Waals surface area contributed by atoms with Crippen molar-refractivity contribution in [2.45, 2.75) is 13.0 Å². The fraction of sp³-hybridized carbons (Fsp3) is 0.105. The van der Waals surface area contributed by atoms with Crippen molar-refractivity contribution in [1.82, 2.24) is 24.8 Å². The van der Waals surface area contributed by atoms with Gasteiger partial charge in [-0.3, -0.25) is 0 Å². The average molecular weight is 330 g/mol. The standard InChI is InChI=1S/C19H18N6/c1-15(19-14-25(23-22-19)18-10-6-3-7-11-18)21-16-12-20-24(13-16)17-8-4-2-5-9-17/h2-15,21H,1H3. The molecule has 0 saturated carbocycles. The number of nitrogens with one attached hydrogen (secondary N) is 1. The van der Waals surface area contributed by atoms with Crippen LogP contribution in [0.15, 0.2) is 79.3 Å². The van der Waals surface area contributed by atoms with Crippen LogP contribution in [-0.2, 0) is 0 Å². The number of benzene rings is 2. The number of nitrogens with zero attached hydrogens (tertiary/aromatic N) is 5. The molecule has 0 radical (unpaired) electrons. The Balaban J connectivity index is 1.49. The predicted octanol–water partition coefficient (Wildman–Crippen LogP) is 3.63. The Morgan fingerprint density at radius 1 is 0.840 bits per heavy atom. The second kappa shape index (κ2) is 6.60. The van der Waals surface area contributed by atoms with E-state index in [4.69, 9.17) is 0 Å². The highest BCUT2D eigenvalue weighted by Gasteiger charge is 2.12. The van der Waals surface area contributed by atoms with Gasteiger partial charge < -0.3 is 5.32 Å². The molecule has 1 unspecified atom stereocenters. The molecule has 4 rings (SSSR count). The summed E-state index contributed by atoms with van der Waals surface area (Å²) in [7, 11) is 0. The second-order valence-corrected chi connectivity index (χ2v) is 5.80. The Labute approximate surface area is 145 Å². The Morgan fingerprint density at radius 2 is 1.48 bits per heavy atom. The minimum atomic E-state index is 0.0193. The van der Waals surface area contributed by atoms with Crippen molar-refractivity contribution in [3.8, 4) is 11.4 Å². The molecule has 0 aliphatic rings. The summed E-state index contributed by atoms with van der Waals surface area (Å²) in [5.74, 6) is 0. The maximum absolute atomic E-state index is 4.40. The van der Waals surface area contributed by atoms with Gasteiger partial charge in [-0.05, 0) is 31.2 Å². The summed E-state index contributed by atoms with van der Waals surface area (Å²) in [6.45, 7) is 2.05. The van der Waals surface area contributed by atoms with Crippen LogP contribution in [0.2, 0.25) is 0 Å². The lowest BCUT2D eigenvalue weighted by Crippen LogP contribution is -2.06. The zero-order chi connectivity index (χ0) is 17.1. The van der Waals surface area contributed by atoms with E-state index in [1.165, 1.54) is 0 Å². The minimum absolute atomic E-state index is 0.0193. The van der Waals surface area contributed by atoms with Gasteiger partial charge in [0.25, 0.3) is 0 Å². The van der Waals surface area contributed by atoms with Crippen LogP contribution in [0.3, 0.4) is 0 Å². The number of rotatable bonds is 5. The molecular weight excluding hydrogens is 312 g/mol. The van der Waals surface area contributed by atoms with Crippen molar-refractivity contribution in [1.29, 1.82) is 0 Å². The maximum Gasteiger partial charge on any atom is 0.105 e. The first-order chi connectivity index (χ1) is 12.3. The van der Waals surface area contributed by atoms with E-state index in [2.05, 4.69) is 27.7 Å². The maximum atomic E-state index is 4.40. The van der Waals surface area contributed by atoms with Crippen molar-refractivity contribution < 1.29 is 0 Å². The molecular formula is C19H18N6. The molecule has 0 aliphatic heterocycles. The number of aromatic nitrogens is 5. The normalized spacial score (nSPS) is 12.0. The van der Waals surface area contributed by atoms with Gasteiger partial charge in [0.2, 0.25) is 0 Å². The molecule has 0 saturated heterocycles. The van der Waals surface area contributed by atoms with Crippen LogP contribution in [0, 0.1) is 0 Å². The summed E-state index contributed by atoms with van der Waals surface area (Å²) in [6, 6.07) is 20.0. The molecule has 0 bridgehead atoms. The highest BCUT2D eigenvalue weighted by atomic mass is 15.4. The van der Waals surface area contributed by atoms with E-state index in [-0.39, 0.29) is 6.04 Å². The zero-order valence-electron chi connectivity index (χ0n) is 13.8. The summed E-state index contributed by atoms with van der Waals surface area (Å²) >= 11 is 0. The lowest BCUT2D eigenvalue weighted by molar-refractivity contribution is 0.781. The van der Waals surface area contributed by atoms with Crippen LogP contribution >= 0.6 is 0 Å². The lowest BCUT2D eigenvalue weighted by Gasteiger charge is -2.09. The molecule has 4 aromatic rings. The lowest BCUT2D eigenvalue weighted by atomic mass is 10.2. The fourth-order valence-electron chi connectivity index (χ4n) is 2.63. The number of anilines is 1. The Bertz CT molecular complexity index is 942. The van der Waals surface area contributed by atoms with Crippen molar-refractivity contribution in [3.05, 3.63) is 84.9 Å². The summed E-state index contributed by atoms with van der Waals surface area (Å²) < 4.78 is 3.62. The molecule has 2 aromatic carbocycles. The first-order valence-electron chi connectivity index (χ1n) is 8.14. The molecule has 0 aliphatic carbocycles. The van der Waals surface area contributed by atoms with Gasteiger partial charge in [0, 0.05) is 0 Å². The van der Waals surface area contributed by atoms with Gasteiger partial charge in [-0.2, -0.15) is 5.10 Å². The molecule has 6 nitrogen and oxygen atoms in total. The summed E-state index contributed by atoms with van der Waals surface area (Å²) in [5.41, 5.74) is 3.82. The van der Waals surface area contributed by atoms with Gasteiger partial charge in [0.05, 0.1) is 41.7 Å². The van der Waals surface area contributed by atoms with E-state index in [0.29, 0.717) is 0 Å². The molecule has 6 heteroatoms. The van der Waals surface area contributed by atoms with Gasteiger partial charge in [-0.1, -0.05) is 41.6 Å². The van der Waals surface area contributed by atoms with E-state index >= 15 is 0 Å². The van der Waals surface area contributed by atoms with Crippen LogP contribution in [0.1, 0.15) is 18.7 Å². The fourth-order valence-corrected chi connectivity index (χ4v) is 2.63. The van der Waals surface area contributed by atoms with Gasteiger partial charge in [-0.15, -0.1) is 5.10 Å². The smallest absolute Gasteiger partial charge is 0.105 e. The summed E-state index contributed by atoms with van der Waals surface area (Å²) in [4.78, 5) is 0. The Hall–Kier alpha value is -3.41. The molecule has 25 heavy (non-hydrogen) atoms. The van der Waals surface area contributed by atoms with Crippen molar-refractivity contribution in [2.24, 2.45) is 0 Å². The predicted molar refractivity (Wildman–Crippen MR) is 97.0 cm³/mol. The zero-order valence-corrected chi connectivity index (χ0v) is 13.8. The Kier molecular flexibility index (Phi) is 4.00. The number of hydrogen-bond donors (Lipinski definition) is 1. The first-order valence-corrected chi connectivity index (χ1v) is 8.14. The number of para-hydroxylation sites is 2. The van der Waals surface area contributed by atoms with Crippen LogP contribution in [-0.4, -0.2) is 24.8 Å². The summed E-state index contributed by atoms with van der Waals surface area (Å²) in [6.07, 6.45) is 5.72. The van der Waals surface area contributed by atoms with Gasteiger partial charge in [-0.25, -0.2) is 9.36 Å². The monoisotopic (exact) mass is 330 g/mol. The molecule has 1 atom stereocenters. The van der Waals surface area contributed by atoms with E-state index in [9.17, 15) is 0 Å². The SMILES string of the molecule is CC(Nc1cnn(-c2ccccc2)c1)c1cn(-c2ccccc2)nn1. The van der Waals surface area contributed by atoms with E-state index in [1.807, 2.05) is 83.9 Å².